The first kappa shape index (κ1) is 27.4. The summed E-state index contributed by atoms with van der Waals surface area (Å²) in [6.45, 7) is 3.77. The van der Waals surface area contributed by atoms with E-state index in [2.05, 4.69) is 11.4 Å². The van der Waals surface area contributed by atoms with Gasteiger partial charge in [0.1, 0.15) is 6.04 Å². The minimum absolute atomic E-state index is 0.0557. The maximum absolute atomic E-state index is 13.4. The zero-order valence-electron chi connectivity index (χ0n) is 21.1. The van der Waals surface area contributed by atoms with Gasteiger partial charge >= 0.3 is 0 Å². The molecule has 3 aliphatic rings. The lowest BCUT2D eigenvalue weighted by molar-refractivity contribution is -0.142. The standard InChI is InChI=1S/C25H33F2N5O4S/c1-24(15-28)16-31(17-24)37(35,36)30-11-3-5-19(14-30)23(34)32-12-4-6-21(32)22(33)29-13-18-7-9-20(10-8-18)25(2,26)27/h7-10,19,21H,3-6,11-14,16-17H2,1-2H3,(H,29,33)/t19-,21+/m0/s1. The summed E-state index contributed by atoms with van der Waals surface area (Å²) in [5.41, 5.74) is -0.118. The molecule has 3 aliphatic heterocycles. The van der Waals surface area contributed by atoms with Crippen molar-refractivity contribution in [2.75, 3.05) is 32.7 Å². The number of carbonyl (C=O) groups excluding carboxylic acids is 2. The Hall–Kier alpha value is -2.62. The predicted octanol–water partition coefficient (Wildman–Crippen LogP) is 2.21. The highest BCUT2D eigenvalue weighted by Gasteiger charge is 2.48. The van der Waals surface area contributed by atoms with Crippen LogP contribution in [0.2, 0.25) is 0 Å². The molecule has 0 bridgehead atoms. The Balaban J connectivity index is 1.34. The number of nitriles is 1. The van der Waals surface area contributed by atoms with E-state index in [9.17, 15) is 32.0 Å². The molecule has 3 heterocycles. The third-order valence-corrected chi connectivity index (χ3v) is 9.37. The molecule has 3 fully saturated rings. The Labute approximate surface area is 216 Å². The number of amides is 2. The maximum atomic E-state index is 13.4. The van der Waals surface area contributed by atoms with E-state index in [1.54, 1.807) is 24.0 Å². The molecule has 9 nitrogen and oxygen atoms in total. The molecule has 2 amide bonds. The molecule has 0 saturated carbocycles. The second-order valence-corrected chi connectivity index (χ2v) is 12.6. The molecule has 0 aromatic heterocycles. The van der Waals surface area contributed by atoms with Gasteiger partial charge in [-0.15, -0.1) is 0 Å². The van der Waals surface area contributed by atoms with Crippen molar-refractivity contribution in [3.63, 3.8) is 0 Å². The number of likely N-dealkylation sites (tertiary alicyclic amines) is 1. The second kappa shape index (κ2) is 10.3. The summed E-state index contributed by atoms with van der Waals surface area (Å²) >= 11 is 0. The molecule has 2 atom stereocenters. The van der Waals surface area contributed by atoms with E-state index in [0.29, 0.717) is 44.3 Å². The highest BCUT2D eigenvalue weighted by Crippen LogP contribution is 2.34. The number of nitrogens with one attached hydrogen (secondary N) is 1. The molecule has 37 heavy (non-hydrogen) atoms. The molecule has 1 N–H and O–H groups in total. The second-order valence-electron chi connectivity index (χ2n) is 10.6. The first-order valence-corrected chi connectivity index (χ1v) is 14.0. The summed E-state index contributed by atoms with van der Waals surface area (Å²) in [4.78, 5) is 27.9. The normalized spacial score (nSPS) is 24.8. The van der Waals surface area contributed by atoms with Gasteiger partial charge in [-0.25, -0.2) is 8.78 Å². The average molecular weight is 538 g/mol. The van der Waals surface area contributed by atoms with Gasteiger partial charge in [0.25, 0.3) is 16.1 Å². The Morgan fingerprint density at radius 2 is 1.78 bits per heavy atom. The number of hydrogen-bond donors (Lipinski definition) is 1. The van der Waals surface area contributed by atoms with E-state index in [0.717, 1.165) is 6.92 Å². The number of alkyl halides is 2. The number of benzene rings is 1. The number of carbonyl (C=O) groups is 2. The van der Waals surface area contributed by atoms with E-state index < -0.39 is 33.5 Å². The molecule has 202 valence electrons. The number of piperidine rings is 1. The van der Waals surface area contributed by atoms with Gasteiger partial charge in [-0.3, -0.25) is 9.59 Å². The van der Waals surface area contributed by atoms with Crippen LogP contribution in [-0.2, 0) is 32.3 Å². The minimum Gasteiger partial charge on any atom is -0.350 e. The van der Waals surface area contributed by atoms with Crippen LogP contribution in [0.15, 0.2) is 24.3 Å². The SMILES string of the molecule is CC1(C#N)CN(S(=O)(=O)N2CCC[C@H](C(=O)N3CCC[C@@H]3C(=O)NCc3ccc(C(C)(F)F)cc3)C2)C1. The van der Waals surface area contributed by atoms with Crippen LogP contribution in [0.4, 0.5) is 8.78 Å². The zero-order chi connectivity index (χ0) is 27.0. The third-order valence-electron chi connectivity index (χ3n) is 7.47. The van der Waals surface area contributed by atoms with Crippen LogP contribution in [-0.4, -0.2) is 72.5 Å². The highest BCUT2D eigenvalue weighted by molar-refractivity contribution is 7.86. The first-order chi connectivity index (χ1) is 17.3. The van der Waals surface area contributed by atoms with Crippen molar-refractivity contribution >= 4 is 22.0 Å². The fourth-order valence-corrected chi connectivity index (χ4v) is 7.19. The van der Waals surface area contributed by atoms with Gasteiger partial charge in [-0.05, 0) is 38.2 Å². The maximum Gasteiger partial charge on any atom is 0.282 e. The summed E-state index contributed by atoms with van der Waals surface area (Å²) in [6, 6.07) is 7.23. The van der Waals surface area contributed by atoms with Crippen LogP contribution in [0.3, 0.4) is 0 Å². The first-order valence-electron chi connectivity index (χ1n) is 12.6. The minimum atomic E-state index is -3.76. The lowest BCUT2D eigenvalue weighted by Crippen LogP contribution is -2.61. The van der Waals surface area contributed by atoms with Crippen molar-refractivity contribution in [3.05, 3.63) is 35.4 Å². The zero-order valence-corrected chi connectivity index (χ0v) is 21.9. The molecule has 3 saturated heterocycles. The van der Waals surface area contributed by atoms with Crippen molar-refractivity contribution in [1.82, 2.24) is 18.8 Å². The van der Waals surface area contributed by atoms with Gasteiger partial charge in [0.2, 0.25) is 11.8 Å². The van der Waals surface area contributed by atoms with E-state index >= 15 is 0 Å². The van der Waals surface area contributed by atoms with Crippen molar-refractivity contribution in [2.45, 2.75) is 58.0 Å². The van der Waals surface area contributed by atoms with Crippen LogP contribution >= 0.6 is 0 Å². The van der Waals surface area contributed by atoms with E-state index in [-0.39, 0.29) is 43.6 Å². The molecule has 4 rings (SSSR count). The quantitative estimate of drug-likeness (QED) is 0.573. The Morgan fingerprint density at radius 1 is 1.14 bits per heavy atom. The molecule has 0 spiro atoms. The van der Waals surface area contributed by atoms with Crippen molar-refractivity contribution in [2.24, 2.45) is 11.3 Å². The lowest BCUT2D eigenvalue weighted by Gasteiger charge is -2.45. The van der Waals surface area contributed by atoms with Crippen LogP contribution in [0, 0.1) is 22.7 Å². The highest BCUT2D eigenvalue weighted by atomic mass is 32.2. The monoisotopic (exact) mass is 537 g/mol. The number of hydrogen-bond acceptors (Lipinski definition) is 5. The molecule has 0 aliphatic carbocycles. The summed E-state index contributed by atoms with van der Waals surface area (Å²) in [5, 5.41) is 12.0. The number of halogens is 2. The van der Waals surface area contributed by atoms with Crippen LogP contribution in [0.25, 0.3) is 0 Å². The van der Waals surface area contributed by atoms with E-state index in [1.165, 1.54) is 20.7 Å². The molecular weight excluding hydrogens is 504 g/mol. The van der Waals surface area contributed by atoms with E-state index in [4.69, 9.17) is 0 Å². The van der Waals surface area contributed by atoms with Crippen molar-refractivity contribution in [1.29, 1.82) is 5.26 Å². The fraction of sp³-hybridized carbons (Fsp3) is 0.640. The third kappa shape index (κ3) is 5.78. The van der Waals surface area contributed by atoms with Crippen LogP contribution < -0.4 is 5.32 Å². The Morgan fingerprint density at radius 3 is 2.41 bits per heavy atom. The van der Waals surface area contributed by atoms with Gasteiger partial charge < -0.3 is 10.2 Å². The summed E-state index contributed by atoms with van der Waals surface area (Å²) in [6.07, 6.45) is 2.25. The largest absolute Gasteiger partial charge is 0.350 e. The molecular formula is C25H33F2N5O4S. The van der Waals surface area contributed by atoms with Gasteiger partial charge in [0.15, 0.2) is 0 Å². The summed E-state index contributed by atoms with van der Waals surface area (Å²) < 4.78 is 55.5. The summed E-state index contributed by atoms with van der Waals surface area (Å²) in [7, 11) is -3.76. The van der Waals surface area contributed by atoms with Crippen molar-refractivity contribution in [3.8, 4) is 6.07 Å². The van der Waals surface area contributed by atoms with E-state index in [1.807, 2.05) is 0 Å². The van der Waals surface area contributed by atoms with Gasteiger partial charge in [0.05, 0.1) is 17.4 Å². The molecule has 0 radical (unpaired) electrons. The number of nitrogens with zero attached hydrogens (tertiary/aromatic N) is 4. The molecule has 1 aromatic rings. The van der Waals surface area contributed by atoms with Gasteiger partial charge in [0, 0.05) is 51.8 Å². The molecule has 0 unspecified atom stereocenters. The molecule has 1 aromatic carbocycles. The van der Waals surface area contributed by atoms with Crippen LogP contribution in [0.5, 0.6) is 0 Å². The number of rotatable bonds is 7. The fourth-order valence-electron chi connectivity index (χ4n) is 5.24. The summed E-state index contributed by atoms with van der Waals surface area (Å²) in [5.74, 6) is -4.01. The van der Waals surface area contributed by atoms with Gasteiger partial charge in [-0.2, -0.15) is 22.3 Å². The Kier molecular flexibility index (Phi) is 7.61. The predicted molar refractivity (Wildman–Crippen MR) is 131 cm³/mol. The van der Waals surface area contributed by atoms with Crippen LogP contribution in [0.1, 0.15) is 50.7 Å². The molecule has 12 heteroatoms. The topological polar surface area (TPSA) is 114 Å². The Bertz CT molecular complexity index is 1170. The average Bonchev–Trinajstić information content (AvgIpc) is 3.34. The smallest absolute Gasteiger partial charge is 0.282 e. The van der Waals surface area contributed by atoms with Crippen molar-refractivity contribution < 1.29 is 26.8 Å². The lowest BCUT2D eigenvalue weighted by atomic mass is 9.86. The van der Waals surface area contributed by atoms with Gasteiger partial charge in [-0.1, -0.05) is 24.3 Å².